The predicted octanol–water partition coefficient (Wildman–Crippen LogP) is 6.06. The van der Waals surface area contributed by atoms with Crippen molar-refractivity contribution in [2.45, 2.75) is 13.3 Å². The molecule has 0 saturated heterocycles. The van der Waals surface area contributed by atoms with E-state index in [9.17, 15) is 14.4 Å². The summed E-state index contributed by atoms with van der Waals surface area (Å²) in [4.78, 5) is 43.9. The van der Waals surface area contributed by atoms with Gasteiger partial charge < -0.3 is 5.32 Å². The van der Waals surface area contributed by atoms with Gasteiger partial charge in [-0.3, -0.25) is 19.7 Å². The van der Waals surface area contributed by atoms with Gasteiger partial charge in [-0.25, -0.2) is 9.88 Å². The quantitative estimate of drug-likeness (QED) is 0.284. The Morgan fingerprint density at radius 3 is 2.32 bits per heavy atom. The summed E-state index contributed by atoms with van der Waals surface area (Å²) < 4.78 is 0. The van der Waals surface area contributed by atoms with E-state index in [0.29, 0.717) is 22.1 Å². The summed E-state index contributed by atoms with van der Waals surface area (Å²) in [6, 6.07) is 23.4. The third kappa shape index (κ3) is 5.02. The zero-order valence-corrected chi connectivity index (χ0v) is 21.3. The standard InChI is InChI=1S/C28H21ClN4O3S/c1-2-17-8-14-21(15-9-17)33-26(35)23(29)24(27(33)36)30-20-12-10-19(11-13-20)25(34)32-28-31-22(16-37-28)18-6-4-3-5-7-18/h3-16,30H,2H2,1H3,(H,31,32,34). The number of imide groups is 1. The van der Waals surface area contributed by atoms with Gasteiger partial charge in [0, 0.05) is 22.2 Å². The van der Waals surface area contributed by atoms with Crippen LogP contribution in [-0.2, 0) is 16.0 Å². The largest absolute Gasteiger partial charge is 0.350 e. The normalized spacial score (nSPS) is 13.3. The lowest BCUT2D eigenvalue weighted by Crippen LogP contribution is -2.32. The highest BCUT2D eigenvalue weighted by atomic mass is 35.5. The summed E-state index contributed by atoms with van der Waals surface area (Å²) in [6.45, 7) is 2.03. The first-order chi connectivity index (χ1) is 17.9. The van der Waals surface area contributed by atoms with Crippen molar-refractivity contribution in [1.82, 2.24) is 4.98 Å². The van der Waals surface area contributed by atoms with Crippen molar-refractivity contribution in [2.24, 2.45) is 0 Å². The summed E-state index contributed by atoms with van der Waals surface area (Å²) >= 11 is 7.57. The number of nitrogens with zero attached hydrogens (tertiary/aromatic N) is 2. The summed E-state index contributed by atoms with van der Waals surface area (Å²) in [6.07, 6.45) is 0.848. The molecule has 7 nitrogen and oxygen atoms in total. The van der Waals surface area contributed by atoms with Crippen LogP contribution in [0.5, 0.6) is 0 Å². The van der Waals surface area contributed by atoms with Crippen LogP contribution in [-0.4, -0.2) is 22.7 Å². The van der Waals surface area contributed by atoms with E-state index in [1.165, 1.54) is 11.3 Å². The SMILES string of the molecule is CCc1ccc(N2C(=O)C(Cl)=C(Nc3ccc(C(=O)Nc4nc(-c5ccccc5)cs4)cc3)C2=O)cc1. The molecule has 3 amide bonds. The number of benzene rings is 3. The van der Waals surface area contributed by atoms with Gasteiger partial charge in [0.1, 0.15) is 10.7 Å². The molecule has 1 aliphatic rings. The molecule has 0 fully saturated rings. The number of hydrogen-bond acceptors (Lipinski definition) is 6. The van der Waals surface area contributed by atoms with Gasteiger partial charge in [0.25, 0.3) is 17.7 Å². The van der Waals surface area contributed by atoms with Crippen LogP contribution in [0.15, 0.2) is 95.0 Å². The second-order valence-corrected chi connectivity index (χ2v) is 9.45. The van der Waals surface area contributed by atoms with Crippen LogP contribution in [0.3, 0.4) is 0 Å². The summed E-state index contributed by atoms with van der Waals surface area (Å²) in [7, 11) is 0. The second kappa shape index (κ2) is 10.4. The average Bonchev–Trinajstić information content (AvgIpc) is 3.48. The van der Waals surface area contributed by atoms with Crippen molar-refractivity contribution in [3.8, 4) is 11.3 Å². The number of aromatic nitrogens is 1. The zero-order chi connectivity index (χ0) is 25.9. The van der Waals surface area contributed by atoms with E-state index in [-0.39, 0.29) is 16.6 Å². The molecular formula is C28H21ClN4O3S. The Morgan fingerprint density at radius 1 is 0.946 bits per heavy atom. The second-order valence-electron chi connectivity index (χ2n) is 8.22. The number of rotatable bonds is 7. The molecule has 1 aromatic heterocycles. The molecule has 1 aliphatic heterocycles. The van der Waals surface area contributed by atoms with Crippen molar-refractivity contribution >= 4 is 57.2 Å². The Kier molecular flexibility index (Phi) is 6.85. The van der Waals surface area contributed by atoms with Crippen LogP contribution in [0.2, 0.25) is 0 Å². The number of carbonyl (C=O) groups is 3. The third-order valence-electron chi connectivity index (χ3n) is 5.84. The van der Waals surface area contributed by atoms with Crippen molar-refractivity contribution in [2.75, 3.05) is 15.5 Å². The number of hydrogen-bond donors (Lipinski definition) is 2. The molecule has 4 aromatic rings. The number of nitrogens with one attached hydrogen (secondary N) is 2. The molecule has 9 heteroatoms. The van der Waals surface area contributed by atoms with E-state index in [0.717, 1.165) is 28.1 Å². The highest BCUT2D eigenvalue weighted by Crippen LogP contribution is 2.30. The minimum Gasteiger partial charge on any atom is -0.350 e. The molecule has 5 rings (SSSR count). The number of thiazole rings is 1. The van der Waals surface area contributed by atoms with Crippen LogP contribution < -0.4 is 15.5 Å². The van der Waals surface area contributed by atoms with Gasteiger partial charge in [-0.15, -0.1) is 11.3 Å². The van der Waals surface area contributed by atoms with Gasteiger partial charge in [0.05, 0.1) is 11.4 Å². The lowest BCUT2D eigenvalue weighted by Gasteiger charge is -2.15. The van der Waals surface area contributed by atoms with E-state index in [1.54, 1.807) is 36.4 Å². The molecular weight excluding hydrogens is 508 g/mol. The number of amides is 3. The minimum atomic E-state index is -0.590. The maximum Gasteiger partial charge on any atom is 0.283 e. The number of carbonyl (C=O) groups excluding carboxylic acids is 3. The first-order valence-electron chi connectivity index (χ1n) is 11.5. The van der Waals surface area contributed by atoms with Crippen molar-refractivity contribution in [1.29, 1.82) is 0 Å². The molecule has 2 N–H and O–H groups in total. The lowest BCUT2D eigenvalue weighted by molar-refractivity contribution is -0.120. The minimum absolute atomic E-state index is 0.0142. The monoisotopic (exact) mass is 528 g/mol. The molecule has 3 aromatic carbocycles. The topological polar surface area (TPSA) is 91.4 Å². The smallest absolute Gasteiger partial charge is 0.283 e. The van der Waals surface area contributed by atoms with Gasteiger partial charge in [0.2, 0.25) is 0 Å². The van der Waals surface area contributed by atoms with E-state index < -0.39 is 11.8 Å². The Labute approximate surface area is 222 Å². The Bertz CT molecular complexity index is 1510. The third-order valence-corrected chi connectivity index (χ3v) is 6.95. The highest BCUT2D eigenvalue weighted by Gasteiger charge is 2.38. The van der Waals surface area contributed by atoms with Crippen LogP contribution >= 0.6 is 22.9 Å². The highest BCUT2D eigenvalue weighted by molar-refractivity contribution is 7.14. The number of aryl methyl sites for hydroxylation is 1. The summed E-state index contributed by atoms with van der Waals surface area (Å²) in [5.74, 6) is -1.45. The summed E-state index contributed by atoms with van der Waals surface area (Å²) in [5, 5.41) is 7.92. The first-order valence-corrected chi connectivity index (χ1v) is 12.8. The van der Waals surface area contributed by atoms with E-state index in [1.807, 2.05) is 54.8 Å². The number of anilines is 3. The fraction of sp³-hybridized carbons (Fsp3) is 0.0714. The van der Waals surface area contributed by atoms with Crippen molar-refractivity contribution < 1.29 is 14.4 Å². The molecule has 0 bridgehead atoms. The van der Waals surface area contributed by atoms with Gasteiger partial charge >= 0.3 is 0 Å². The average molecular weight is 529 g/mol. The number of halogens is 1. The lowest BCUT2D eigenvalue weighted by atomic mass is 10.1. The van der Waals surface area contributed by atoms with E-state index in [4.69, 9.17) is 11.6 Å². The molecule has 0 aliphatic carbocycles. The van der Waals surface area contributed by atoms with Gasteiger partial charge in [-0.05, 0) is 48.4 Å². The molecule has 184 valence electrons. The van der Waals surface area contributed by atoms with Crippen molar-refractivity contribution in [3.63, 3.8) is 0 Å². The molecule has 0 spiro atoms. The zero-order valence-electron chi connectivity index (χ0n) is 19.7. The van der Waals surface area contributed by atoms with E-state index in [2.05, 4.69) is 15.6 Å². The maximum absolute atomic E-state index is 13.0. The van der Waals surface area contributed by atoms with Crippen LogP contribution in [0.1, 0.15) is 22.8 Å². The molecule has 0 unspecified atom stereocenters. The predicted molar refractivity (Wildman–Crippen MR) is 147 cm³/mol. The molecule has 0 saturated carbocycles. The molecule has 0 atom stereocenters. The first kappa shape index (κ1) is 24.4. The van der Waals surface area contributed by atoms with Crippen LogP contribution in [0, 0.1) is 0 Å². The van der Waals surface area contributed by atoms with Gasteiger partial charge in [-0.2, -0.15) is 0 Å². The van der Waals surface area contributed by atoms with Gasteiger partial charge in [-0.1, -0.05) is 61.0 Å². The Hall–Kier alpha value is -4.27. The Balaban J connectivity index is 1.25. The molecule has 0 radical (unpaired) electrons. The van der Waals surface area contributed by atoms with Gasteiger partial charge in [0.15, 0.2) is 5.13 Å². The molecule has 37 heavy (non-hydrogen) atoms. The van der Waals surface area contributed by atoms with E-state index >= 15 is 0 Å². The Morgan fingerprint density at radius 2 is 1.65 bits per heavy atom. The summed E-state index contributed by atoms with van der Waals surface area (Å²) in [5.41, 5.74) is 4.21. The fourth-order valence-corrected chi connectivity index (χ4v) is 4.75. The van der Waals surface area contributed by atoms with Crippen LogP contribution in [0.25, 0.3) is 11.3 Å². The molecule has 2 heterocycles. The fourth-order valence-electron chi connectivity index (χ4n) is 3.82. The van der Waals surface area contributed by atoms with Crippen molar-refractivity contribution in [3.05, 3.63) is 106 Å². The van der Waals surface area contributed by atoms with Crippen LogP contribution in [0.4, 0.5) is 16.5 Å². The maximum atomic E-state index is 13.0.